The summed E-state index contributed by atoms with van der Waals surface area (Å²) >= 11 is 6.75. The van der Waals surface area contributed by atoms with Gasteiger partial charge in [0.1, 0.15) is 4.32 Å². The van der Waals surface area contributed by atoms with E-state index in [1.54, 1.807) is 15.5 Å². The largest absolute Gasteiger partial charge is 0.466 e. The Hall–Kier alpha value is -2.65. The highest BCUT2D eigenvalue weighted by molar-refractivity contribution is 8.26. The van der Waals surface area contributed by atoms with E-state index in [2.05, 4.69) is 4.90 Å². The second-order valence-electron chi connectivity index (χ2n) is 9.53. The zero-order chi connectivity index (χ0) is 26.0. The lowest BCUT2D eigenvalue weighted by Crippen LogP contribution is -2.39. The van der Waals surface area contributed by atoms with Gasteiger partial charge in [-0.25, -0.2) is 0 Å². The van der Waals surface area contributed by atoms with E-state index >= 15 is 0 Å². The van der Waals surface area contributed by atoms with Gasteiger partial charge in [0.15, 0.2) is 0 Å². The number of aromatic nitrogens is 1. The number of carbonyl (C=O) groups is 2. The first kappa shape index (κ1) is 26.4. The van der Waals surface area contributed by atoms with Gasteiger partial charge in [-0.3, -0.25) is 19.3 Å². The fourth-order valence-corrected chi connectivity index (χ4v) is 6.20. The van der Waals surface area contributed by atoms with Gasteiger partial charge in [-0.05, 0) is 44.7 Å². The van der Waals surface area contributed by atoms with Crippen LogP contribution in [-0.2, 0) is 20.9 Å². The van der Waals surface area contributed by atoms with E-state index in [9.17, 15) is 14.4 Å². The Balaban J connectivity index is 1.81. The normalized spacial score (nSPS) is 18.2. The van der Waals surface area contributed by atoms with Crippen LogP contribution in [0.3, 0.4) is 0 Å². The third kappa shape index (κ3) is 5.09. The number of aryl methyl sites for hydroxylation is 1. The van der Waals surface area contributed by atoms with Crippen molar-refractivity contribution in [1.82, 2.24) is 9.47 Å². The van der Waals surface area contributed by atoms with E-state index in [0.717, 1.165) is 16.6 Å². The smallest absolute Gasteiger partial charge is 0.309 e. The molecule has 2 saturated heterocycles. The number of rotatable bonds is 7. The van der Waals surface area contributed by atoms with E-state index in [4.69, 9.17) is 17.0 Å². The number of nitrogens with zero attached hydrogens (tertiary/aromatic N) is 3. The molecule has 2 aliphatic heterocycles. The summed E-state index contributed by atoms with van der Waals surface area (Å²) in [5, 5.41) is 0.956. The molecule has 9 heteroatoms. The van der Waals surface area contributed by atoms with Crippen LogP contribution in [0.1, 0.15) is 46.1 Å². The van der Waals surface area contributed by atoms with Crippen molar-refractivity contribution < 1.29 is 14.3 Å². The molecule has 3 heterocycles. The van der Waals surface area contributed by atoms with Gasteiger partial charge in [0.05, 0.1) is 34.2 Å². The van der Waals surface area contributed by atoms with Crippen molar-refractivity contribution in [2.24, 2.45) is 11.8 Å². The van der Waals surface area contributed by atoms with Gasteiger partial charge in [0.2, 0.25) is 0 Å². The van der Waals surface area contributed by atoms with Crippen molar-refractivity contribution in [3.8, 4) is 0 Å². The predicted molar refractivity (Wildman–Crippen MR) is 150 cm³/mol. The highest BCUT2D eigenvalue weighted by Crippen LogP contribution is 2.37. The molecule has 192 valence electrons. The maximum atomic E-state index is 13.8. The van der Waals surface area contributed by atoms with Crippen LogP contribution < -0.4 is 10.5 Å². The molecule has 0 unspecified atom stereocenters. The minimum Gasteiger partial charge on any atom is -0.466 e. The monoisotopic (exact) mass is 527 g/mol. The molecule has 0 saturated carbocycles. The number of pyridine rings is 1. The molecular weight excluding hydrogens is 494 g/mol. The van der Waals surface area contributed by atoms with Crippen LogP contribution in [0.5, 0.6) is 0 Å². The summed E-state index contributed by atoms with van der Waals surface area (Å²) in [6.07, 6.45) is 3.03. The van der Waals surface area contributed by atoms with Crippen LogP contribution in [0.25, 0.3) is 17.0 Å². The molecule has 1 amide bonds. The van der Waals surface area contributed by atoms with E-state index < -0.39 is 0 Å². The van der Waals surface area contributed by atoms with Crippen molar-refractivity contribution in [1.29, 1.82) is 0 Å². The Labute approximate surface area is 221 Å². The molecule has 0 atom stereocenters. The Morgan fingerprint density at radius 1 is 1.19 bits per heavy atom. The lowest BCUT2D eigenvalue weighted by molar-refractivity contribution is -0.148. The third-order valence-electron chi connectivity index (χ3n) is 6.62. The summed E-state index contributed by atoms with van der Waals surface area (Å²) in [6, 6.07) is 7.88. The van der Waals surface area contributed by atoms with E-state index in [0.29, 0.717) is 60.4 Å². The fraction of sp³-hybridized carbons (Fsp3) is 0.481. The minimum atomic E-state index is -0.155. The molecule has 36 heavy (non-hydrogen) atoms. The van der Waals surface area contributed by atoms with Gasteiger partial charge < -0.3 is 14.2 Å². The number of thiocarbonyl (C=S) groups is 1. The number of piperidine rings is 1. The standard InChI is InChI=1S/C27H33N3O4S2/c1-5-29-21-10-8-7-9-19(21)23(28-13-11-18(12-14-28)26(33)34-6-2)20(24(29)31)15-22-25(32)30(16-17(3)4)27(35)36-22/h7-10,15,17-18H,5-6,11-14,16H2,1-4H3. The zero-order valence-corrected chi connectivity index (χ0v) is 22.9. The van der Waals surface area contributed by atoms with Crippen LogP contribution in [0.4, 0.5) is 5.69 Å². The zero-order valence-electron chi connectivity index (χ0n) is 21.3. The molecule has 2 aromatic rings. The molecule has 2 aliphatic rings. The van der Waals surface area contributed by atoms with Gasteiger partial charge in [0.25, 0.3) is 11.5 Å². The molecule has 7 nitrogen and oxygen atoms in total. The first-order valence-electron chi connectivity index (χ1n) is 12.6. The lowest BCUT2D eigenvalue weighted by Gasteiger charge is -2.34. The van der Waals surface area contributed by atoms with E-state index in [1.807, 2.05) is 52.0 Å². The van der Waals surface area contributed by atoms with Crippen molar-refractivity contribution in [2.45, 2.75) is 47.1 Å². The van der Waals surface area contributed by atoms with Crippen molar-refractivity contribution >= 4 is 62.8 Å². The number of amides is 1. The molecule has 2 fully saturated rings. The fourth-order valence-electron chi connectivity index (χ4n) is 4.95. The Bertz CT molecular complexity index is 1280. The van der Waals surface area contributed by atoms with Gasteiger partial charge in [-0.15, -0.1) is 0 Å². The highest BCUT2D eigenvalue weighted by Gasteiger charge is 2.34. The molecule has 0 bridgehead atoms. The predicted octanol–water partition coefficient (Wildman–Crippen LogP) is 4.66. The maximum Gasteiger partial charge on any atom is 0.309 e. The molecule has 0 aliphatic carbocycles. The molecule has 0 N–H and O–H groups in total. The van der Waals surface area contributed by atoms with Crippen LogP contribution in [0.2, 0.25) is 0 Å². The second-order valence-corrected chi connectivity index (χ2v) is 11.2. The van der Waals surface area contributed by atoms with E-state index in [-0.39, 0.29) is 29.3 Å². The lowest BCUT2D eigenvalue weighted by atomic mass is 9.95. The Morgan fingerprint density at radius 2 is 1.89 bits per heavy atom. The number of fused-ring (bicyclic) bond motifs is 1. The summed E-state index contributed by atoms with van der Waals surface area (Å²) in [4.78, 5) is 43.6. The maximum absolute atomic E-state index is 13.8. The van der Waals surface area contributed by atoms with Gasteiger partial charge in [0, 0.05) is 31.6 Å². The molecule has 1 aromatic carbocycles. The summed E-state index contributed by atoms with van der Waals surface area (Å²) < 4.78 is 7.51. The number of carbonyl (C=O) groups excluding carboxylic acids is 2. The van der Waals surface area contributed by atoms with Crippen molar-refractivity contribution in [2.75, 3.05) is 31.1 Å². The SMILES string of the molecule is CCOC(=O)C1CCN(c2c(C=C3SC(=S)N(CC(C)C)C3=O)c(=O)n(CC)c3ccccc23)CC1. The number of para-hydroxylation sites is 1. The summed E-state index contributed by atoms with van der Waals surface area (Å²) in [5.41, 5.74) is 2.04. The molecular formula is C27H33N3O4S2. The van der Waals surface area contributed by atoms with Crippen molar-refractivity contribution in [3.63, 3.8) is 0 Å². The number of hydrogen-bond acceptors (Lipinski definition) is 7. The summed E-state index contributed by atoms with van der Waals surface area (Å²) in [5.74, 6) is -0.168. The Kier molecular flexibility index (Phi) is 8.20. The van der Waals surface area contributed by atoms with Gasteiger partial charge in [-0.2, -0.15) is 0 Å². The quantitative estimate of drug-likeness (QED) is 0.295. The molecule has 1 aromatic heterocycles. The second kappa shape index (κ2) is 11.2. The molecule has 4 rings (SSSR count). The van der Waals surface area contributed by atoms with Gasteiger partial charge >= 0.3 is 5.97 Å². The molecule has 0 spiro atoms. The first-order valence-corrected chi connectivity index (χ1v) is 13.8. The number of anilines is 1. The topological polar surface area (TPSA) is 71.8 Å². The average molecular weight is 528 g/mol. The van der Waals surface area contributed by atoms with Gasteiger partial charge in [-0.1, -0.05) is 56.0 Å². The number of thioether (sulfide) groups is 1. The molecule has 0 radical (unpaired) electrons. The van der Waals surface area contributed by atoms with Crippen LogP contribution in [0, 0.1) is 11.8 Å². The number of benzene rings is 1. The number of hydrogen-bond donors (Lipinski definition) is 0. The van der Waals surface area contributed by atoms with Crippen LogP contribution in [-0.4, -0.2) is 51.9 Å². The van der Waals surface area contributed by atoms with Crippen LogP contribution >= 0.6 is 24.0 Å². The highest BCUT2D eigenvalue weighted by atomic mass is 32.2. The summed E-state index contributed by atoms with van der Waals surface area (Å²) in [7, 11) is 0. The summed E-state index contributed by atoms with van der Waals surface area (Å²) in [6.45, 7) is 10.5. The first-order chi connectivity index (χ1) is 17.3. The average Bonchev–Trinajstić information content (AvgIpc) is 3.12. The minimum absolute atomic E-state index is 0.132. The third-order valence-corrected chi connectivity index (χ3v) is 8.00. The van der Waals surface area contributed by atoms with E-state index in [1.165, 1.54) is 11.8 Å². The Morgan fingerprint density at radius 3 is 2.53 bits per heavy atom. The van der Waals surface area contributed by atoms with Crippen LogP contribution in [0.15, 0.2) is 34.0 Å². The number of ether oxygens (including phenoxy) is 1. The van der Waals surface area contributed by atoms with Crippen molar-refractivity contribution in [3.05, 3.63) is 45.1 Å². The number of esters is 1.